The molecule has 1 amide bonds. The van der Waals surface area contributed by atoms with Crippen LogP contribution in [0.3, 0.4) is 0 Å². The highest BCUT2D eigenvalue weighted by atomic mass is 32.2. The van der Waals surface area contributed by atoms with Crippen LogP contribution in [0.15, 0.2) is 53.4 Å². The van der Waals surface area contributed by atoms with Crippen molar-refractivity contribution in [1.82, 2.24) is 9.62 Å². The van der Waals surface area contributed by atoms with E-state index in [9.17, 15) is 13.2 Å². The number of nitrogens with one attached hydrogen (secondary N) is 1. The first kappa shape index (κ1) is 24.3. The number of nitrogens with zero attached hydrogens (tertiary/aromatic N) is 1. The predicted octanol–water partition coefficient (Wildman–Crippen LogP) is 3.80. The molecule has 0 radical (unpaired) electrons. The van der Waals surface area contributed by atoms with Gasteiger partial charge in [-0.1, -0.05) is 44.5 Å². The molecule has 0 aliphatic carbocycles. The van der Waals surface area contributed by atoms with Crippen molar-refractivity contribution in [2.45, 2.75) is 50.8 Å². The zero-order valence-electron chi connectivity index (χ0n) is 19.0. The Balaban J connectivity index is 1.41. The SMILES string of the molecule is CCCc1ccc(OCCNC(=O)C2CCN(S(=O)(=O)c3ccc(CC)cc3)CC2)cc1. The highest BCUT2D eigenvalue weighted by Gasteiger charge is 2.31. The summed E-state index contributed by atoms with van der Waals surface area (Å²) in [6, 6.07) is 15.1. The number of hydrogen-bond acceptors (Lipinski definition) is 4. The first-order chi connectivity index (χ1) is 15.4. The number of carbonyl (C=O) groups is 1. The maximum absolute atomic E-state index is 12.9. The van der Waals surface area contributed by atoms with Crippen LogP contribution < -0.4 is 10.1 Å². The Morgan fingerprint density at radius 3 is 2.22 bits per heavy atom. The molecule has 1 N–H and O–H groups in total. The van der Waals surface area contributed by atoms with Gasteiger partial charge in [-0.3, -0.25) is 4.79 Å². The zero-order valence-corrected chi connectivity index (χ0v) is 19.9. The molecule has 1 aliphatic rings. The Bertz CT molecular complexity index is 964. The maximum Gasteiger partial charge on any atom is 0.243 e. The Kier molecular flexibility index (Phi) is 8.70. The fourth-order valence-corrected chi connectivity index (χ4v) is 5.40. The fourth-order valence-electron chi connectivity index (χ4n) is 3.93. The highest BCUT2D eigenvalue weighted by Crippen LogP contribution is 2.24. The van der Waals surface area contributed by atoms with Crippen LogP contribution in [-0.4, -0.2) is 44.9 Å². The van der Waals surface area contributed by atoms with E-state index < -0.39 is 10.0 Å². The molecule has 0 aromatic heterocycles. The summed E-state index contributed by atoms with van der Waals surface area (Å²) in [6.07, 6.45) is 4.09. The normalized spacial score (nSPS) is 15.4. The Hall–Kier alpha value is -2.38. The van der Waals surface area contributed by atoms with E-state index in [0.29, 0.717) is 44.0 Å². The van der Waals surface area contributed by atoms with Crippen molar-refractivity contribution in [3.63, 3.8) is 0 Å². The number of ether oxygens (including phenoxy) is 1. The maximum atomic E-state index is 12.9. The largest absolute Gasteiger partial charge is 0.492 e. The molecule has 2 aromatic carbocycles. The standard InChI is InChI=1S/C25H34N2O4S/c1-3-5-21-6-10-23(11-7-21)31-19-16-26-25(28)22-14-17-27(18-15-22)32(29,30)24-12-8-20(4-2)9-13-24/h6-13,22H,3-5,14-19H2,1-2H3,(H,26,28). The number of benzene rings is 2. The number of sulfonamides is 1. The number of piperidine rings is 1. The van der Waals surface area contributed by atoms with Gasteiger partial charge in [-0.25, -0.2) is 8.42 Å². The van der Waals surface area contributed by atoms with Crippen molar-refractivity contribution in [1.29, 1.82) is 0 Å². The van der Waals surface area contributed by atoms with Crippen LogP contribution in [0, 0.1) is 5.92 Å². The van der Waals surface area contributed by atoms with Crippen LogP contribution in [0.4, 0.5) is 0 Å². The van der Waals surface area contributed by atoms with Crippen LogP contribution in [0.5, 0.6) is 5.75 Å². The molecule has 6 nitrogen and oxygen atoms in total. The molecule has 2 aromatic rings. The van der Waals surface area contributed by atoms with Gasteiger partial charge in [0.15, 0.2) is 0 Å². The van der Waals surface area contributed by atoms with Gasteiger partial charge in [0.25, 0.3) is 0 Å². The highest BCUT2D eigenvalue weighted by molar-refractivity contribution is 7.89. The predicted molar refractivity (Wildman–Crippen MR) is 126 cm³/mol. The van der Waals surface area contributed by atoms with Crippen LogP contribution in [-0.2, 0) is 27.7 Å². The quantitative estimate of drug-likeness (QED) is 0.550. The molecular weight excluding hydrogens is 424 g/mol. The van der Waals surface area contributed by atoms with E-state index in [2.05, 4.69) is 24.4 Å². The van der Waals surface area contributed by atoms with E-state index in [1.54, 1.807) is 12.1 Å². The number of carbonyl (C=O) groups excluding carboxylic acids is 1. The summed E-state index contributed by atoms with van der Waals surface area (Å²) in [5.74, 6) is 0.595. The number of aryl methyl sites for hydroxylation is 2. The first-order valence-corrected chi connectivity index (χ1v) is 13.0. The number of amides is 1. The molecule has 1 heterocycles. The molecule has 174 valence electrons. The molecule has 32 heavy (non-hydrogen) atoms. The molecule has 0 spiro atoms. The summed E-state index contributed by atoms with van der Waals surface area (Å²) in [5.41, 5.74) is 2.40. The van der Waals surface area contributed by atoms with E-state index in [4.69, 9.17) is 4.74 Å². The average molecular weight is 459 g/mol. The topological polar surface area (TPSA) is 75.7 Å². The van der Waals surface area contributed by atoms with E-state index in [0.717, 1.165) is 30.6 Å². The molecule has 1 fully saturated rings. The van der Waals surface area contributed by atoms with Crippen molar-refractivity contribution < 1.29 is 17.9 Å². The molecule has 7 heteroatoms. The van der Waals surface area contributed by atoms with E-state index in [1.165, 1.54) is 9.87 Å². The van der Waals surface area contributed by atoms with Gasteiger partial charge in [-0.05, 0) is 61.1 Å². The summed E-state index contributed by atoms with van der Waals surface area (Å²) in [6.45, 7) is 5.74. The minimum Gasteiger partial charge on any atom is -0.492 e. The smallest absolute Gasteiger partial charge is 0.243 e. The van der Waals surface area contributed by atoms with E-state index in [1.807, 2.05) is 31.2 Å². The Labute approximate surface area is 192 Å². The fraction of sp³-hybridized carbons (Fsp3) is 0.480. The monoisotopic (exact) mass is 458 g/mol. The molecule has 0 atom stereocenters. The third-order valence-corrected chi connectivity index (χ3v) is 7.84. The Morgan fingerprint density at radius 2 is 1.62 bits per heavy atom. The lowest BCUT2D eigenvalue weighted by Gasteiger charge is -2.30. The average Bonchev–Trinajstić information content (AvgIpc) is 2.83. The van der Waals surface area contributed by atoms with E-state index in [-0.39, 0.29) is 11.8 Å². The summed E-state index contributed by atoms with van der Waals surface area (Å²) in [5, 5.41) is 2.92. The van der Waals surface area contributed by atoms with Gasteiger partial charge in [-0.2, -0.15) is 4.31 Å². The van der Waals surface area contributed by atoms with Gasteiger partial charge in [0.2, 0.25) is 15.9 Å². The molecule has 0 saturated carbocycles. The third-order valence-electron chi connectivity index (χ3n) is 5.93. The van der Waals surface area contributed by atoms with Gasteiger partial charge < -0.3 is 10.1 Å². The second-order valence-corrected chi connectivity index (χ2v) is 10.1. The summed E-state index contributed by atoms with van der Waals surface area (Å²) >= 11 is 0. The van der Waals surface area contributed by atoms with E-state index >= 15 is 0 Å². The summed E-state index contributed by atoms with van der Waals surface area (Å²) in [4.78, 5) is 12.8. The van der Waals surface area contributed by atoms with Crippen LogP contribution >= 0.6 is 0 Å². The van der Waals surface area contributed by atoms with Gasteiger partial charge in [0, 0.05) is 19.0 Å². The first-order valence-electron chi connectivity index (χ1n) is 11.5. The lowest BCUT2D eigenvalue weighted by molar-refractivity contribution is -0.126. The lowest BCUT2D eigenvalue weighted by Crippen LogP contribution is -2.43. The molecule has 1 saturated heterocycles. The van der Waals surface area contributed by atoms with Crippen LogP contribution in [0.2, 0.25) is 0 Å². The van der Waals surface area contributed by atoms with Crippen molar-refractivity contribution in [2.24, 2.45) is 5.92 Å². The second kappa shape index (κ2) is 11.5. The van der Waals surface area contributed by atoms with Crippen molar-refractivity contribution >= 4 is 15.9 Å². The van der Waals surface area contributed by atoms with Crippen LogP contribution in [0.25, 0.3) is 0 Å². The minimum atomic E-state index is -3.51. The van der Waals surface area contributed by atoms with Crippen molar-refractivity contribution in [3.8, 4) is 5.75 Å². The minimum absolute atomic E-state index is 0.0313. The van der Waals surface area contributed by atoms with Crippen LogP contribution in [0.1, 0.15) is 44.2 Å². The number of rotatable bonds is 10. The van der Waals surface area contributed by atoms with Crippen molar-refractivity contribution in [2.75, 3.05) is 26.2 Å². The molecular formula is C25H34N2O4S. The zero-order chi connectivity index (χ0) is 23.0. The summed E-state index contributed by atoms with van der Waals surface area (Å²) < 4.78 is 32.9. The van der Waals surface area contributed by atoms with Gasteiger partial charge >= 0.3 is 0 Å². The van der Waals surface area contributed by atoms with Gasteiger partial charge in [0.1, 0.15) is 12.4 Å². The van der Waals surface area contributed by atoms with Gasteiger partial charge in [0.05, 0.1) is 11.4 Å². The number of hydrogen-bond donors (Lipinski definition) is 1. The molecule has 3 rings (SSSR count). The van der Waals surface area contributed by atoms with Crippen molar-refractivity contribution in [3.05, 3.63) is 59.7 Å². The summed E-state index contributed by atoms with van der Waals surface area (Å²) in [7, 11) is -3.51. The molecule has 1 aliphatic heterocycles. The van der Waals surface area contributed by atoms with Gasteiger partial charge in [-0.15, -0.1) is 0 Å². The molecule has 0 bridgehead atoms. The lowest BCUT2D eigenvalue weighted by atomic mass is 9.97. The third kappa shape index (κ3) is 6.33. The molecule has 0 unspecified atom stereocenters. The Morgan fingerprint density at radius 1 is 1.00 bits per heavy atom. The second-order valence-electron chi connectivity index (χ2n) is 8.21.